The van der Waals surface area contributed by atoms with Crippen molar-refractivity contribution in [3.63, 3.8) is 0 Å². The summed E-state index contributed by atoms with van der Waals surface area (Å²) in [6.07, 6.45) is 0. The molecular weight excluding hydrogens is 451 g/mol. The summed E-state index contributed by atoms with van der Waals surface area (Å²) in [4.78, 5) is 34.4. The van der Waals surface area contributed by atoms with Gasteiger partial charge in [-0.15, -0.1) is 5.10 Å². The van der Waals surface area contributed by atoms with E-state index in [2.05, 4.69) is 20.4 Å². The van der Waals surface area contributed by atoms with Crippen molar-refractivity contribution in [3.8, 4) is 5.75 Å². The number of pyridine rings is 1. The van der Waals surface area contributed by atoms with Crippen LogP contribution in [0.3, 0.4) is 0 Å². The van der Waals surface area contributed by atoms with E-state index in [1.54, 1.807) is 21.9 Å². The highest BCUT2D eigenvalue weighted by atomic mass is 19.1. The van der Waals surface area contributed by atoms with Crippen molar-refractivity contribution in [2.75, 3.05) is 32.8 Å². The number of hydrogen-bond acceptors (Lipinski definition) is 6. The maximum atomic E-state index is 14.8. The van der Waals surface area contributed by atoms with Gasteiger partial charge >= 0.3 is 0 Å². The Morgan fingerprint density at radius 1 is 1.06 bits per heavy atom. The van der Waals surface area contributed by atoms with Crippen molar-refractivity contribution < 1.29 is 18.7 Å². The van der Waals surface area contributed by atoms with Crippen molar-refractivity contribution in [2.24, 2.45) is 11.8 Å². The van der Waals surface area contributed by atoms with E-state index < -0.39 is 5.82 Å². The van der Waals surface area contributed by atoms with Crippen molar-refractivity contribution >= 4 is 33.8 Å². The summed E-state index contributed by atoms with van der Waals surface area (Å²) in [5, 5.41) is 10.8. The van der Waals surface area contributed by atoms with Gasteiger partial charge in [-0.25, -0.2) is 9.37 Å². The second kappa shape index (κ2) is 8.30. The molecule has 2 aliphatic rings. The Bertz CT molecular complexity index is 1460. The first-order valence-electron chi connectivity index (χ1n) is 11.6. The Morgan fingerprint density at radius 2 is 1.77 bits per heavy atom. The minimum absolute atomic E-state index is 0.0110. The molecule has 0 saturated carbocycles. The zero-order chi connectivity index (χ0) is 24.1. The molecule has 0 unspecified atom stereocenters. The van der Waals surface area contributed by atoms with E-state index in [1.807, 2.05) is 31.2 Å². The number of likely N-dealkylation sites (tertiary alicyclic amines) is 2. The fraction of sp³-hybridized carbons (Fsp3) is 0.320. The van der Waals surface area contributed by atoms with Crippen LogP contribution in [0.1, 0.15) is 27.8 Å². The molecule has 6 rings (SSSR count). The van der Waals surface area contributed by atoms with Crippen LogP contribution < -0.4 is 4.74 Å². The van der Waals surface area contributed by atoms with Crippen LogP contribution in [-0.2, 0) is 0 Å². The molecule has 2 aromatic heterocycles. The van der Waals surface area contributed by atoms with Gasteiger partial charge in [0.1, 0.15) is 17.0 Å². The molecule has 2 aromatic carbocycles. The molecule has 1 N–H and O–H groups in total. The lowest BCUT2D eigenvalue weighted by Gasteiger charge is -2.22. The molecule has 2 atom stereocenters. The molecule has 2 saturated heterocycles. The fourth-order valence-corrected chi connectivity index (χ4v) is 5.23. The Morgan fingerprint density at radius 3 is 2.51 bits per heavy atom. The largest absolute Gasteiger partial charge is 0.493 e. The minimum atomic E-state index is -0.664. The van der Waals surface area contributed by atoms with E-state index in [0.29, 0.717) is 55.3 Å². The Kier molecular flexibility index (Phi) is 5.09. The molecular formula is C25H23FN6O3. The summed E-state index contributed by atoms with van der Waals surface area (Å²) in [5.41, 5.74) is 1.55. The zero-order valence-electron chi connectivity index (χ0n) is 19.1. The van der Waals surface area contributed by atoms with E-state index in [0.717, 1.165) is 5.39 Å². The number of benzene rings is 2. The maximum Gasteiger partial charge on any atom is 0.272 e. The average Bonchev–Trinajstić information content (AvgIpc) is 3.59. The van der Waals surface area contributed by atoms with E-state index in [1.165, 1.54) is 6.07 Å². The molecule has 0 bridgehead atoms. The fourth-order valence-electron chi connectivity index (χ4n) is 5.23. The third kappa shape index (κ3) is 3.56. The van der Waals surface area contributed by atoms with Gasteiger partial charge in [-0.2, -0.15) is 0 Å². The molecule has 4 heterocycles. The van der Waals surface area contributed by atoms with Gasteiger partial charge in [0.05, 0.1) is 23.2 Å². The molecule has 4 aromatic rings. The van der Waals surface area contributed by atoms with Gasteiger partial charge in [0, 0.05) is 49.5 Å². The number of rotatable bonds is 4. The number of para-hydroxylation sites is 1. The number of aromatic amines is 1. The number of carbonyl (C=O) groups excluding carboxylic acids is 2. The smallest absolute Gasteiger partial charge is 0.272 e. The monoisotopic (exact) mass is 474 g/mol. The number of carbonyl (C=O) groups is 2. The SMILES string of the molecule is CCOc1cc(C(=O)N2C[C@H]3CN(C(=O)c4ccc5[nH]nnc5c4F)C[C@@H]3C2)nc2ccccc12. The van der Waals surface area contributed by atoms with Gasteiger partial charge in [0.2, 0.25) is 0 Å². The zero-order valence-corrected chi connectivity index (χ0v) is 19.1. The van der Waals surface area contributed by atoms with E-state index in [4.69, 9.17) is 4.74 Å². The van der Waals surface area contributed by atoms with Crippen LogP contribution in [0.25, 0.3) is 21.9 Å². The molecule has 0 spiro atoms. The van der Waals surface area contributed by atoms with Crippen molar-refractivity contribution in [2.45, 2.75) is 6.92 Å². The lowest BCUT2D eigenvalue weighted by atomic mass is 10.0. The van der Waals surface area contributed by atoms with Crippen LogP contribution in [0.5, 0.6) is 5.75 Å². The number of ether oxygens (including phenoxy) is 1. The second-order valence-corrected chi connectivity index (χ2v) is 9.03. The van der Waals surface area contributed by atoms with Gasteiger partial charge < -0.3 is 14.5 Å². The van der Waals surface area contributed by atoms with Crippen molar-refractivity contribution in [1.82, 2.24) is 30.2 Å². The molecule has 0 radical (unpaired) electrons. The Labute approximate surface area is 199 Å². The van der Waals surface area contributed by atoms with Crippen LogP contribution in [-0.4, -0.2) is 74.8 Å². The van der Waals surface area contributed by atoms with Gasteiger partial charge in [0.25, 0.3) is 11.8 Å². The molecule has 2 aliphatic heterocycles. The highest BCUT2D eigenvalue weighted by Gasteiger charge is 2.44. The van der Waals surface area contributed by atoms with Crippen molar-refractivity contribution in [3.05, 3.63) is 59.5 Å². The molecule has 2 amide bonds. The topological polar surface area (TPSA) is 104 Å². The summed E-state index contributed by atoms with van der Waals surface area (Å²) in [6.45, 7) is 4.38. The van der Waals surface area contributed by atoms with Crippen LogP contribution in [0.4, 0.5) is 4.39 Å². The third-order valence-electron chi connectivity index (χ3n) is 6.92. The first kappa shape index (κ1) is 21.5. The van der Waals surface area contributed by atoms with E-state index in [-0.39, 0.29) is 34.7 Å². The quantitative estimate of drug-likeness (QED) is 0.488. The Balaban J connectivity index is 1.18. The molecule has 10 heteroatoms. The molecule has 35 heavy (non-hydrogen) atoms. The number of nitrogens with one attached hydrogen (secondary N) is 1. The van der Waals surface area contributed by atoms with Crippen LogP contribution in [0.2, 0.25) is 0 Å². The molecule has 0 aliphatic carbocycles. The van der Waals surface area contributed by atoms with E-state index in [9.17, 15) is 14.0 Å². The molecule has 9 nitrogen and oxygen atoms in total. The summed E-state index contributed by atoms with van der Waals surface area (Å²) >= 11 is 0. The van der Waals surface area contributed by atoms with Crippen LogP contribution in [0.15, 0.2) is 42.5 Å². The number of halogens is 1. The highest BCUT2D eigenvalue weighted by Crippen LogP contribution is 2.34. The standard InChI is InChI=1S/C25H23FN6O3/c1-2-35-21-9-20(27-18-6-4-3-5-16(18)21)25(34)32-12-14-10-31(11-15(14)13-32)24(33)17-7-8-19-23(22(17)26)29-30-28-19/h3-9,14-15H,2,10-13H2,1H3,(H,28,29,30)/t14-,15-/m1/s1. The van der Waals surface area contributed by atoms with Gasteiger partial charge in [-0.05, 0) is 31.2 Å². The summed E-state index contributed by atoms with van der Waals surface area (Å²) in [6, 6.07) is 12.4. The summed E-state index contributed by atoms with van der Waals surface area (Å²) < 4.78 is 20.6. The number of amides is 2. The number of hydrogen-bond donors (Lipinski definition) is 1. The van der Waals surface area contributed by atoms with Crippen LogP contribution in [0, 0.1) is 17.7 Å². The first-order chi connectivity index (χ1) is 17.0. The van der Waals surface area contributed by atoms with Gasteiger partial charge in [-0.3, -0.25) is 14.7 Å². The first-order valence-corrected chi connectivity index (χ1v) is 11.6. The normalized spacial score (nSPS) is 19.5. The second-order valence-electron chi connectivity index (χ2n) is 9.03. The number of nitrogens with zero attached hydrogens (tertiary/aromatic N) is 5. The lowest BCUT2D eigenvalue weighted by molar-refractivity contribution is 0.0733. The maximum absolute atomic E-state index is 14.8. The predicted octanol–water partition coefficient (Wildman–Crippen LogP) is 2.89. The molecule has 178 valence electrons. The van der Waals surface area contributed by atoms with E-state index >= 15 is 0 Å². The van der Waals surface area contributed by atoms with Crippen LogP contribution >= 0.6 is 0 Å². The number of H-pyrrole nitrogens is 1. The van der Waals surface area contributed by atoms with Gasteiger partial charge in [-0.1, -0.05) is 17.3 Å². The minimum Gasteiger partial charge on any atom is -0.493 e. The predicted molar refractivity (Wildman–Crippen MR) is 126 cm³/mol. The van der Waals surface area contributed by atoms with Crippen molar-refractivity contribution in [1.29, 1.82) is 0 Å². The average molecular weight is 474 g/mol. The highest BCUT2D eigenvalue weighted by molar-refractivity contribution is 5.98. The Hall–Kier alpha value is -4.08. The molecule has 2 fully saturated rings. The third-order valence-corrected chi connectivity index (χ3v) is 6.92. The van der Waals surface area contributed by atoms with Gasteiger partial charge in [0.15, 0.2) is 5.82 Å². The summed E-state index contributed by atoms with van der Waals surface area (Å²) in [5.74, 6) is -0.267. The summed E-state index contributed by atoms with van der Waals surface area (Å²) in [7, 11) is 0. The number of fused-ring (bicyclic) bond motifs is 3. The lowest BCUT2D eigenvalue weighted by Crippen LogP contribution is -2.36. The number of aromatic nitrogens is 4.